The fourth-order valence-corrected chi connectivity index (χ4v) is 2.67. The standard InChI is InChI=1S/C16H25N5/c1-4-9-21-10-17-15(18-12(5-2)6-3)13-16(21)20-14(19-13)11-7-8-11/h10-12,18H,4-9H2,1-3H3. The lowest BCUT2D eigenvalue weighted by Crippen LogP contribution is -2.20. The van der Waals surface area contributed by atoms with Crippen molar-refractivity contribution in [3.8, 4) is 11.5 Å². The third-order valence-electron chi connectivity index (χ3n) is 4.21. The summed E-state index contributed by atoms with van der Waals surface area (Å²) in [5.74, 6) is 3.47. The Balaban J connectivity index is 1.98. The Morgan fingerprint density at radius 1 is 1.24 bits per heavy atom. The SMILES string of the molecule is CCCn1cnc(NC(CC)CC)c2nc(C3CC3)nc1-2. The molecule has 0 bridgehead atoms. The zero-order valence-corrected chi connectivity index (χ0v) is 13.3. The van der Waals surface area contributed by atoms with Crippen molar-refractivity contribution in [3.05, 3.63) is 12.2 Å². The van der Waals surface area contributed by atoms with E-state index in [-0.39, 0.29) is 0 Å². The number of hydrogen-bond acceptors (Lipinski definition) is 4. The second-order valence-electron chi connectivity index (χ2n) is 5.97. The van der Waals surface area contributed by atoms with Gasteiger partial charge in [0.1, 0.15) is 5.82 Å². The molecule has 0 aromatic rings. The van der Waals surface area contributed by atoms with Gasteiger partial charge in [-0.2, -0.15) is 0 Å². The fourth-order valence-electron chi connectivity index (χ4n) is 2.67. The van der Waals surface area contributed by atoms with Gasteiger partial charge in [0.15, 0.2) is 17.3 Å². The summed E-state index contributed by atoms with van der Waals surface area (Å²) in [6, 6.07) is 0.448. The lowest BCUT2D eigenvalue weighted by molar-refractivity contribution is 0.647. The van der Waals surface area contributed by atoms with Crippen LogP contribution in [0.5, 0.6) is 0 Å². The molecule has 5 heteroatoms. The monoisotopic (exact) mass is 287 g/mol. The molecule has 0 spiro atoms. The van der Waals surface area contributed by atoms with E-state index in [0.29, 0.717) is 12.0 Å². The number of anilines is 1. The number of nitrogens with zero attached hydrogens (tertiary/aromatic N) is 4. The topological polar surface area (TPSA) is 55.6 Å². The molecular weight excluding hydrogens is 262 g/mol. The Morgan fingerprint density at radius 3 is 2.62 bits per heavy atom. The van der Waals surface area contributed by atoms with Gasteiger partial charge in [-0.25, -0.2) is 15.0 Å². The van der Waals surface area contributed by atoms with Crippen LogP contribution in [0, 0.1) is 0 Å². The van der Waals surface area contributed by atoms with Gasteiger partial charge in [-0.1, -0.05) is 20.8 Å². The van der Waals surface area contributed by atoms with Crippen LogP contribution in [-0.2, 0) is 6.54 Å². The van der Waals surface area contributed by atoms with Gasteiger partial charge in [-0.05, 0) is 32.1 Å². The van der Waals surface area contributed by atoms with Gasteiger partial charge >= 0.3 is 0 Å². The maximum Gasteiger partial charge on any atom is 0.165 e. The quantitative estimate of drug-likeness (QED) is 0.844. The molecule has 0 aromatic carbocycles. The second kappa shape index (κ2) is 6.00. The minimum absolute atomic E-state index is 0.448. The molecule has 1 N–H and O–H groups in total. The normalized spacial score (nSPS) is 15.0. The molecule has 3 aliphatic rings. The van der Waals surface area contributed by atoms with Gasteiger partial charge in [0, 0.05) is 18.5 Å². The molecule has 0 aromatic heterocycles. The Kier molecular flexibility index (Phi) is 4.08. The minimum atomic E-state index is 0.448. The predicted octanol–water partition coefficient (Wildman–Crippen LogP) is 3.67. The van der Waals surface area contributed by atoms with Crippen molar-refractivity contribution in [3.63, 3.8) is 0 Å². The lowest BCUT2D eigenvalue weighted by atomic mass is 10.1. The van der Waals surface area contributed by atoms with Crippen LogP contribution in [0.3, 0.4) is 0 Å². The summed E-state index contributed by atoms with van der Waals surface area (Å²) in [7, 11) is 0. The lowest BCUT2D eigenvalue weighted by Gasteiger charge is -2.18. The van der Waals surface area contributed by atoms with E-state index in [0.717, 1.165) is 49.0 Å². The molecular formula is C16H25N5. The summed E-state index contributed by atoms with van der Waals surface area (Å²) in [5, 5.41) is 3.54. The summed E-state index contributed by atoms with van der Waals surface area (Å²) in [6.07, 6.45) is 7.62. The zero-order chi connectivity index (χ0) is 14.8. The van der Waals surface area contributed by atoms with Crippen LogP contribution in [0.2, 0.25) is 0 Å². The maximum atomic E-state index is 4.78. The maximum absolute atomic E-state index is 4.78. The molecule has 1 fully saturated rings. The number of rotatable bonds is 7. The highest BCUT2D eigenvalue weighted by atomic mass is 15.2. The molecule has 114 valence electrons. The highest BCUT2D eigenvalue weighted by Crippen LogP contribution is 2.40. The number of fused-ring (bicyclic) bond motifs is 1. The van der Waals surface area contributed by atoms with Crippen LogP contribution < -0.4 is 5.32 Å². The van der Waals surface area contributed by atoms with Gasteiger partial charge in [0.2, 0.25) is 0 Å². The molecule has 1 saturated carbocycles. The summed E-state index contributed by atoms with van der Waals surface area (Å²) < 4.78 is 2.13. The zero-order valence-electron chi connectivity index (χ0n) is 13.3. The number of imidazole rings is 1. The summed E-state index contributed by atoms with van der Waals surface area (Å²) in [6.45, 7) is 7.51. The molecule has 1 aliphatic carbocycles. The fraction of sp³-hybridized carbons (Fsp3) is 0.688. The highest BCUT2D eigenvalue weighted by Gasteiger charge is 2.31. The van der Waals surface area contributed by atoms with E-state index in [1.807, 2.05) is 6.33 Å². The average Bonchev–Trinajstić information content (AvgIpc) is 3.25. The minimum Gasteiger partial charge on any atom is -0.365 e. The van der Waals surface area contributed by atoms with Gasteiger partial charge in [-0.3, -0.25) is 0 Å². The van der Waals surface area contributed by atoms with E-state index in [2.05, 4.69) is 35.6 Å². The summed E-state index contributed by atoms with van der Waals surface area (Å²) >= 11 is 0. The number of aryl methyl sites for hydroxylation is 1. The van der Waals surface area contributed by atoms with Crippen molar-refractivity contribution < 1.29 is 0 Å². The van der Waals surface area contributed by atoms with Crippen molar-refractivity contribution in [1.82, 2.24) is 19.5 Å². The van der Waals surface area contributed by atoms with Crippen LogP contribution in [0.4, 0.5) is 5.82 Å². The Morgan fingerprint density at radius 2 is 2.00 bits per heavy atom. The summed E-state index contributed by atoms with van der Waals surface area (Å²) in [5.41, 5.74) is 0.944. The molecule has 3 rings (SSSR count). The number of aromatic nitrogens is 4. The van der Waals surface area contributed by atoms with Crippen molar-refractivity contribution in [2.24, 2.45) is 0 Å². The van der Waals surface area contributed by atoms with E-state index < -0.39 is 0 Å². The van der Waals surface area contributed by atoms with Crippen LogP contribution in [-0.4, -0.2) is 25.6 Å². The largest absolute Gasteiger partial charge is 0.365 e. The predicted molar refractivity (Wildman–Crippen MR) is 84.7 cm³/mol. The molecule has 0 atom stereocenters. The van der Waals surface area contributed by atoms with Crippen molar-refractivity contribution in [2.75, 3.05) is 5.32 Å². The van der Waals surface area contributed by atoms with Crippen molar-refractivity contribution >= 4 is 5.82 Å². The highest BCUT2D eigenvalue weighted by molar-refractivity contribution is 5.68. The van der Waals surface area contributed by atoms with Gasteiger partial charge < -0.3 is 9.88 Å². The van der Waals surface area contributed by atoms with Crippen LogP contribution >= 0.6 is 0 Å². The molecule has 0 amide bonds. The third-order valence-corrected chi connectivity index (χ3v) is 4.21. The second-order valence-corrected chi connectivity index (χ2v) is 5.97. The van der Waals surface area contributed by atoms with Crippen LogP contribution in [0.15, 0.2) is 6.33 Å². The number of hydrogen-bond donors (Lipinski definition) is 1. The third kappa shape index (κ3) is 2.87. The van der Waals surface area contributed by atoms with E-state index in [9.17, 15) is 0 Å². The molecule has 2 heterocycles. The molecule has 0 unspecified atom stereocenters. The molecule has 0 radical (unpaired) electrons. The number of nitrogens with one attached hydrogen (secondary N) is 1. The van der Waals surface area contributed by atoms with E-state index in [1.54, 1.807) is 0 Å². The van der Waals surface area contributed by atoms with Crippen molar-refractivity contribution in [1.29, 1.82) is 0 Å². The first kappa shape index (κ1) is 14.3. The Bertz CT molecular complexity index is 568. The Labute approximate surface area is 126 Å². The molecule has 0 saturated heterocycles. The first-order valence-corrected chi connectivity index (χ1v) is 8.26. The van der Waals surface area contributed by atoms with Gasteiger partial charge in [-0.15, -0.1) is 0 Å². The van der Waals surface area contributed by atoms with Gasteiger partial charge in [0.25, 0.3) is 0 Å². The first-order chi connectivity index (χ1) is 10.3. The van der Waals surface area contributed by atoms with Crippen LogP contribution in [0.25, 0.3) is 11.5 Å². The molecule has 21 heavy (non-hydrogen) atoms. The van der Waals surface area contributed by atoms with E-state index in [4.69, 9.17) is 9.97 Å². The smallest absolute Gasteiger partial charge is 0.165 e. The molecule has 5 nitrogen and oxygen atoms in total. The van der Waals surface area contributed by atoms with E-state index in [1.165, 1.54) is 12.8 Å². The molecule has 2 aliphatic heterocycles. The van der Waals surface area contributed by atoms with Crippen molar-refractivity contribution in [2.45, 2.75) is 71.4 Å². The summed E-state index contributed by atoms with van der Waals surface area (Å²) in [4.78, 5) is 14.2. The Hall–Kier alpha value is -1.65. The van der Waals surface area contributed by atoms with Gasteiger partial charge in [0.05, 0.1) is 6.33 Å². The average molecular weight is 287 g/mol. The van der Waals surface area contributed by atoms with Crippen LogP contribution in [0.1, 0.15) is 64.6 Å². The first-order valence-electron chi connectivity index (χ1n) is 8.26. The van der Waals surface area contributed by atoms with E-state index >= 15 is 0 Å².